The first-order chi connectivity index (χ1) is 16.5. The fourth-order valence-corrected chi connectivity index (χ4v) is 5.96. The lowest BCUT2D eigenvalue weighted by molar-refractivity contribution is 0.615. The summed E-state index contributed by atoms with van der Waals surface area (Å²) < 4.78 is 28.7. The second kappa shape index (κ2) is 8.06. The van der Waals surface area contributed by atoms with E-state index in [4.69, 9.17) is 0 Å². The second-order valence-corrected chi connectivity index (χ2v) is 9.62. The van der Waals surface area contributed by atoms with Crippen LogP contribution in [0.25, 0.3) is 11.6 Å². The lowest BCUT2D eigenvalue weighted by Crippen LogP contribution is -2.28. The largest absolute Gasteiger partial charge is 0.207 e. The van der Waals surface area contributed by atoms with Gasteiger partial charge in [0.05, 0.1) is 0 Å². The third kappa shape index (κ3) is 3.24. The van der Waals surface area contributed by atoms with E-state index < -0.39 is 0 Å². The minimum absolute atomic E-state index is 0.124. The highest BCUT2D eigenvalue weighted by Crippen LogP contribution is 2.36. The van der Waals surface area contributed by atoms with Gasteiger partial charge in [0.2, 0.25) is 0 Å². The number of hydrogen-bond acceptors (Lipinski definition) is 0. The van der Waals surface area contributed by atoms with Gasteiger partial charge in [-0.15, -0.1) is 0 Å². The maximum atomic E-state index is 14.9. The Morgan fingerprint density at radius 2 is 1.53 bits per heavy atom. The van der Waals surface area contributed by atoms with Gasteiger partial charge in [0.15, 0.2) is 0 Å². The molecule has 34 heavy (non-hydrogen) atoms. The van der Waals surface area contributed by atoms with Crippen molar-refractivity contribution < 1.29 is 8.78 Å². The molecule has 4 aromatic carbocycles. The van der Waals surface area contributed by atoms with Gasteiger partial charge in [0.1, 0.15) is 11.6 Å². The number of halogens is 2. The Labute approximate surface area is 198 Å². The summed E-state index contributed by atoms with van der Waals surface area (Å²) in [6.45, 7) is 4.49. The van der Waals surface area contributed by atoms with E-state index in [1.165, 1.54) is 51.2 Å². The molecule has 2 aliphatic rings. The SMILES string of the molecule is Cc1ccccc1C1=c2ccc3c(c2CCC1C)C(c1ccc(F)cc1)C=c1c(F)cccc1=3. The van der Waals surface area contributed by atoms with Gasteiger partial charge in [-0.1, -0.05) is 73.7 Å². The molecule has 0 N–H and O–H groups in total. The van der Waals surface area contributed by atoms with Crippen molar-refractivity contribution in [2.75, 3.05) is 0 Å². The van der Waals surface area contributed by atoms with Gasteiger partial charge in [0.25, 0.3) is 0 Å². The summed E-state index contributed by atoms with van der Waals surface area (Å²) in [7, 11) is 0. The van der Waals surface area contributed by atoms with Crippen LogP contribution in [0.3, 0.4) is 0 Å². The molecule has 0 aliphatic heterocycles. The van der Waals surface area contributed by atoms with Crippen LogP contribution in [0.2, 0.25) is 0 Å². The summed E-state index contributed by atoms with van der Waals surface area (Å²) in [6.07, 6.45) is 4.08. The van der Waals surface area contributed by atoms with Crippen molar-refractivity contribution in [2.45, 2.75) is 32.6 Å². The molecule has 2 aliphatic carbocycles. The predicted octanol–water partition coefficient (Wildman–Crippen LogP) is 6.27. The van der Waals surface area contributed by atoms with E-state index in [-0.39, 0.29) is 17.6 Å². The first-order valence-electron chi connectivity index (χ1n) is 12.0. The maximum absolute atomic E-state index is 14.9. The monoisotopic (exact) mass is 448 g/mol. The molecule has 6 rings (SSSR count). The third-order valence-electron chi connectivity index (χ3n) is 7.62. The summed E-state index contributed by atoms with van der Waals surface area (Å²) in [5.41, 5.74) is 7.55. The lowest BCUT2D eigenvalue weighted by Gasteiger charge is -2.29. The molecule has 2 unspecified atom stereocenters. The van der Waals surface area contributed by atoms with Crippen molar-refractivity contribution in [3.05, 3.63) is 139 Å². The van der Waals surface area contributed by atoms with E-state index in [0.717, 1.165) is 28.8 Å². The number of rotatable bonds is 2. The number of aryl methyl sites for hydroxylation is 1. The Kier molecular flexibility index (Phi) is 4.99. The van der Waals surface area contributed by atoms with E-state index in [1.54, 1.807) is 6.07 Å². The lowest BCUT2D eigenvalue weighted by atomic mass is 9.75. The van der Waals surface area contributed by atoms with Crippen LogP contribution in [-0.2, 0) is 6.42 Å². The van der Waals surface area contributed by atoms with Crippen molar-refractivity contribution in [3.63, 3.8) is 0 Å². The molecule has 0 aromatic heterocycles. The Bertz CT molecular complexity index is 1650. The predicted molar refractivity (Wildman–Crippen MR) is 134 cm³/mol. The van der Waals surface area contributed by atoms with Gasteiger partial charge in [-0.25, -0.2) is 8.78 Å². The summed E-state index contributed by atoms with van der Waals surface area (Å²) in [5.74, 6) is -0.145. The molecule has 0 saturated carbocycles. The topological polar surface area (TPSA) is 0 Å². The van der Waals surface area contributed by atoms with Gasteiger partial charge >= 0.3 is 0 Å². The first kappa shape index (κ1) is 21.0. The normalized spacial score (nSPS) is 18.5. The molecule has 0 nitrogen and oxygen atoms in total. The third-order valence-corrected chi connectivity index (χ3v) is 7.62. The van der Waals surface area contributed by atoms with E-state index in [9.17, 15) is 8.78 Å². The number of benzene rings is 4. The fraction of sp³-hybridized carbons (Fsp3) is 0.188. The van der Waals surface area contributed by atoms with E-state index >= 15 is 0 Å². The van der Waals surface area contributed by atoms with Crippen LogP contribution < -0.4 is 10.4 Å². The van der Waals surface area contributed by atoms with Crippen molar-refractivity contribution in [1.82, 2.24) is 0 Å². The first-order valence-corrected chi connectivity index (χ1v) is 12.0. The van der Waals surface area contributed by atoms with E-state index in [0.29, 0.717) is 11.1 Å². The van der Waals surface area contributed by atoms with Crippen LogP contribution in [-0.4, -0.2) is 0 Å². The molecule has 0 spiro atoms. The highest BCUT2D eigenvalue weighted by atomic mass is 19.1. The van der Waals surface area contributed by atoms with Crippen LogP contribution in [0, 0.1) is 34.9 Å². The molecular weight excluding hydrogens is 422 g/mol. The Hall–Kier alpha value is -3.52. The van der Waals surface area contributed by atoms with Crippen LogP contribution in [0.1, 0.15) is 47.1 Å². The molecule has 0 fully saturated rings. The highest BCUT2D eigenvalue weighted by molar-refractivity contribution is 5.72. The van der Waals surface area contributed by atoms with Gasteiger partial charge in [-0.2, -0.15) is 0 Å². The van der Waals surface area contributed by atoms with Crippen LogP contribution in [0.15, 0.2) is 78.9 Å². The zero-order valence-electron chi connectivity index (χ0n) is 19.4. The summed E-state index contributed by atoms with van der Waals surface area (Å²) in [4.78, 5) is 0. The molecule has 0 amide bonds. The molecule has 168 valence electrons. The standard InChI is InChI=1S/C32H26F2/c1-19-6-3-4-7-23(19)31-20(2)10-15-27-26(31)17-16-25-24-8-5-9-30(34)29(24)18-28(32(25)27)21-11-13-22(33)14-12-21/h3-9,11-14,16-18,20,28H,10,15H2,1-2H3. The Morgan fingerprint density at radius 3 is 2.32 bits per heavy atom. The van der Waals surface area contributed by atoms with E-state index in [1.807, 2.05) is 24.3 Å². The van der Waals surface area contributed by atoms with Crippen LogP contribution in [0.4, 0.5) is 8.78 Å². The fourth-order valence-electron chi connectivity index (χ4n) is 5.96. The average molecular weight is 449 g/mol. The maximum Gasteiger partial charge on any atom is 0.130 e. The zero-order chi connectivity index (χ0) is 23.4. The molecule has 0 heterocycles. The summed E-state index contributed by atoms with van der Waals surface area (Å²) in [5, 5.41) is 3.96. The molecule has 0 radical (unpaired) electrons. The summed E-state index contributed by atoms with van der Waals surface area (Å²) >= 11 is 0. The Morgan fingerprint density at radius 1 is 0.765 bits per heavy atom. The minimum Gasteiger partial charge on any atom is -0.207 e. The number of fused-ring (bicyclic) bond motifs is 4. The van der Waals surface area contributed by atoms with Crippen molar-refractivity contribution in [1.29, 1.82) is 0 Å². The van der Waals surface area contributed by atoms with E-state index in [2.05, 4.69) is 50.2 Å². The van der Waals surface area contributed by atoms with Crippen molar-refractivity contribution in [2.24, 2.45) is 5.92 Å². The van der Waals surface area contributed by atoms with Gasteiger partial charge < -0.3 is 0 Å². The molecule has 2 heteroatoms. The van der Waals surface area contributed by atoms with Gasteiger partial charge in [-0.05, 0) is 92.9 Å². The second-order valence-electron chi connectivity index (χ2n) is 9.62. The average Bonchev–Trinajstić information content (AvgIpc) is 2.85. The minimum atomic E-state index is -0.259. The van der Waals surface area contributed by atoms with Gasteiger partial charge in [-0.3, -0.25) is 0 Å². The van der Waals surface area contributed by atoms with Gasteiger partial charge in [0, 0.05) is 11.1 Å². The Balaban J connectivity index is 1.77. The molecule has 0 bridgehead atoms. The molecule has 2 atom stereocenters. The molecule has 4 aromatic rings. The highest BCUT2D eigenvalue weighted by Gasteiger charge is 2.27. The smallest absolute Gasteiger partial charge is 0.130 e. The summed E-state index contributed by atoms with van der Waals surface area (Å²) in [6, 6.07) is 25.0. The van der Waals surface area contributed by atoms with Crippen molar-refractivity contribution >= 4 is 11.6 Å². The zero-order valence-corrected chi connectivity index (χ0v) is 19.4. The van der Waals surface area contributed by atoms with Crippen LogP contribution >= 0.6 is 0 Å². The van der Waals surface area contributed by atoms with Crippen molar-refractivity contribution in [3.8, 4) is 0 Å². The molecular formula is C32H26F2. The van der Waals surface area contributed by atoms with Crippen LogP contribution in [0.5, 0.6) is 0 Å². The number of hydrogen-bond donors (Lipinski definition) is 0. The molecule has 0 saturated heterocycles. The quantitative estimate of drug-likeness (QED) is 0.339.